The summed E-state index contributed by atoms with van der Waals surface area (Å²) in [5.74, 6) is 1.38. The summed E-state index contributed by atoms with van der Waals surface area (Å²) in [7, 11) is 2.09. The molecular formula is C23H34N4O2. The molecule has 0 spiro atoms. The van der Waals surface area contributed by atoms with E-state index < -0.39 is 0 Å². The second-order valence-corrected chi connectivity index (χ2v) is 9.24. The van der Waals surface area contributed by atoms with Crippen LogP contribution in [-0.2, 0) is 16.0 Å². The van der Waals surface area contributed by atoms with Gasteiger partial charge in [-0.3, -0.25) is 9.59 Å². The van der Waals surface area contributed by atoms with Gasteiger partial charge in [0.1, 0.15) is 0 Å². The number of amides is 2. The van der Waals surface area contributed by atoms with E-state index in [-0.39, 0.29) is 23.8 Å². The minimum atomic E-state index is 0.0728. The number of hydrogen-bond donors (Lipinski definition) is 2. The molecule has 1 aromatic rings. The van der Waals surface area contributed by atoms with E-state index in [0.717, 1.165) is 63.1 Å². The van der Waals surface area contributed by atoms with E-state index in [1.54, 1.807) is 0 Å². The first-order valence-corrected chi connectivity index (χ1v) is 11.1. The lowest BCUT2D eigenvalue weighted by atomic mass is 9.65. The van der Waals surface area contributed by atoms with Gasteiger partial charge in [-0.2, -0.15) is 0 Å². The van der Waals surface area contributed by atoms with Crippen molar-refractivity contribution in [2.75, 3.05) is 38.5 Å². The summed E-state index contributed by atoms with van der Waals surface area (Å²) in [6.45, 7) is 3.47. The number of carbonyl (C=O) groups excluding carboxylic acids is 2. The van der Waals surface area contributed by atoms with Crippen molar-refractivity contribution in [3.63, 3.8) is 0 Å². The molecule has 3 N–H and O–H groups in total. The van der Waals surface area contributed by atoms with E-state index in [0.29, 0.717) is 18.3 Å². The number of rotatable bonds is 4. The van der Waals surface area contributed by atoms with Crippen LogP contribution in [0.1, 0.15) is 37.7 Å². The van der Waals surface area contributed by atoms with Gasteiger partial charge in [0.15, 0.2) is 0 Å². The zero-order chi connectivity index (χ0) is 20.4. The fourth-order valence-corrected chi connectivity index (χ4v) is 5.30. The molecule has 2 saturated carbocycles. The summed E-state index contributed by atoms with van der Waals surface area (Å²) in [5, 5.41) is 3.08. The molecule has 2 bridgehead atoms. The standard InChI is InChI=1S/C23H34N4O2/c1-26-9-11-27(12-10-26)21(28)13-16-5-7-20(8-6-16)25-23(29)19-14-17-3-2-4-18(15-19)22(17)24/h5-8,17-19,22H,2-4,9-15,24H2,1H3,(H,25,29). The van der Waals surface area contributed by atoms with E-state index >= 15 is 0 Å². The lowest BCUT2D eigenvalue weighted by Gasteiger charge is -2.43. The number of likely N-dealkylation sites (N-methyl/N-ethyl adjacent to an activating group) is 1. The number of piperazine rings is 1. The number of anilines is 1. The van der Waals surface area contributed by atoms with Crippen molar-refractivity contribution >= 4 is 17.5 Å². The molecule has 2 atom stereocenters. The van der Waals surface area contributed by atoms with Crippen LogP contribution in [0.5, 0.6) is 0 Å². The highest BCUT2D eigenvalue weighted by atomic mass is 16.2. The molecule has 6 nitrogen and oxygen atoms in total. The Balaban J connectivity index is 1.29. The zero-order valence-electron chi connectivity index (χ0n) is 17.5. The van der Waals surface area contributed by atoms with Crippen LogP contribution in [0.25, 0.3) is 0 Å². The summed E-state index contributed by atoms with van der Waals surface area (Å²) in [6.07, 6.45) is 5.84. The predicted octanol–water partition coefficient (Wildman–Crippen LogP) is 2.10. The third kappa shape index (κ3) is 4.81. The van der Waals surface area contributed by atoms with Gasteiger partial charge in [0.2, 0.25) is 11.8 Å². The maximum absolute atomic E-state index is 12.8. The fourth-order valence-electron chi connectivity index (χ4n) is 5.30. The molecule has 2 unspecified atom stereocenters. The van der Waals surface area contributed by atoms with Crippen LogP contribution in [0.2, 0.25) is 0 Å². The third-order valence-electron chi connectivity index (χ3n) is 7.22. The first kappa shape index (κ1) is 20.4. The molecule has 0 radical (unpaired) electrons. The smallest absolute Gasteiger partial charge is 0.227 e. The van der Waals surface area contributed by atoms with Crippen LogP contribution in [0.15, 0.2) is 24.3 Å². The number of fused-ring (bicyclic) bond motifs is 2. The van der Waals surface area contributed by atoms with Crippen molar-refractivity contribution in [2.45, 2.75) is 44.6 Å². The lowest BCUT2D eigenvalue weighted by molar-refractivity contribution is -0.132. The Morgan fingerprint density at radius 3 is 2.28 bits per heavy atom. The van der Waals surface area contributed by atoms with Crippen molar-refractivity contribution in [3.8, 4) is 0 Å². The summed E-state index contributed by atoms with van der Waals surface area (Å²) < 4.78 is 0. The molecule has 3 fully saturated rings. The van der Waals surface area contributed by atoms with Crippen molar-refractivity contribution < 1.29 is 9.59 Å². The molecule has 29 heavy (non-hydrogen) atoms. The zero-order valence-corrected chi connectivity index (χ0v) is 17.5. The van der Waals surface area contributed by atoms with Crippen molar-refractivity contribution in [1.29, 1.82) is 0 Å². The maximum atomic E-state index is 12.8. The number of carbonyl (C=O) groups is 2. The summed E-state index contributed by atoms with van der Waals surface area (Å²) in [5.41, 5.74) is 8.15. The van der Waals surface area contributed by atoms with E-state index in [1.165, 1.54) is 6.42 Å². The molecule has 4 rings (SSSR count). The molecule has 1 saturated heterocycles. The molecule has 0 aromatic heterocycles. The SMILES string of the molecule is CN1CCN(C(=O)Cc2ccc(NC(=O)C3CC4CCCC(C3)C4N)cc2)CC1. The van der Waals surface area contributed by atoms with Crippen molar-refractivity contribution in [1.82, 2.24) is 9.80 Å². The molecule has 3 aliphatic rings. The molecular weight excluding hydrogens is 364 g/mol. The van der Waals surface area contributed by atoms with Crippen LogP contribution in [0.3, 0.4) is 0 Å². The maximum Gasteiger partial charge on any atom is 0.227 e. The van der Waals surface area contributed by atoms with E-state index in [2.05, 4.69) is 17.3 Å². The Morgan fingerprint density at radius 2 is 1.66 bits per heavy atom. The number of nitrogens with one attached hydrogen (secondary N) is 1. The van der Waals surface area contributed by atoms with Gasteiger partial charge in [0, 0.05) is 43.8 Å². The topological polar surface area (TPSA) is 78.7 Å². The molecule has 1 aromatic carbocycles. The van der Waals surface area contributed by atoms with Gasteiger partial charge < -0.3 is 20.9 Å². The normalized spacial score (nSPS) is 30.1. The highest BCUT2D eigenvalue weighted by molar-refractivity contribution is 5.92. The summed E-state index contributed by atoms with van der Waals surface area (Å²) in [6, 6.07) is 8.02. The average Bonchev–Trinajstić information content (AvgIpc) is 2.69. The summed E-state index contributed by atoms with van der Waals surface area (Å²) >= 11 is 0. The minimum Gasteiger partial charge on any atom is -0.340 e. The highest BCUT2D eigenvalue weighted by Gasteiger charge is 2.40. The quantitative estimate of drug-likeness (QED) is 0.814. The molecule has 2 aliphatic carbocycles. The number of hydrogen-bond acceptors (Lipinski definition) is 4. The van der Waals surface area contributed by atoms with E-state index in [4.69, 9.17) is 5.73 Å². The summed E-state index contributed by atoms with van der Waals surface area (Å²) in [4.78, 5) is 29.5. The minimum absolute atomic E-state index is 0.0728. The number of nitrogens with two attached hydrogens (primary N) is 1. The molecule has 6 heteroatoms. The van der Waals surface area contributed by atoms with Gasteiger partial charge in [-0.25, -0.2) is 0 Å². The van der Waals surface area contributed by atoms with Gasteiger partial charge in [-0.05, 0) is 62.3 Å². The fraction of sp³-hybridized carbons (Fsp3) is 0.652. The second kappa shape index (κ2) is 8.84. The molecule has 2 amide bonds. The van der Waals surface area contributed by atoms with Gasteiger partial charge in [-0.15, -0.1) is 0 Å². The molecule has 158 valence electrons. The van der Waals surface area contributed by atoms with Crippen LogP contribution in [-0.4, -0.2) is 60.9 Å². The Bertz CT molecular complexity index is 713. The van der Waals surface area contributed by atoms with Gasteiger partial charge in [-0.1, -0.05) is 18.6 Å². The van der Waals surface area contributed by atoms with Crippen LogP contribution < -0.4 is 11.1 Å². The second-order valence-electron chi connectivity index (χ2n) is 9.24. The Kier molecular flexibility index (Phi) is 6.20. The Morgan fingerprint density at radius 1 is 1.03 bits per heavy atom. The average molecular weight is 399 g/mol. The third-order valence-corrected chi connectivity index (χ3v) is 7.22. The van der Waals surface area contributed by atoms with Crippen LogP contribution >= 0.6 is 0 Å². The largest absolute Gasteiger partial charge is 0.340 e. The number of benzene rings is 1. The Labute approximate surface area is 173 Å². The van der Waals surface area contributed by atoms with Gasteiger partial charge in [0.25, 0.3) is 0 Å². The monoisotopic (exact) mass is 398 g/mol. The van der Waals surface area contributed by atoms with Gasteiger partial charge >= 0.3 is 0 Å². The number of nitrogens with zero attached hydrogens (tertiary/aromatic N) is 2. The first-order chi connectivity index (χ1) is 14.0. The van der Waals surface area contributed by atoms with Crippen LogP contribution in [0, 0.1) is 17.8 Å². The molecule has 1 heterocycles. The lowest BCUT2D eigenvalue weighted by Crippen LogP contribution is -2.48. The van der Waals surface area contributed by atoms with Crippen molar-refractivity contribution in [3.05, 3.63) is 29.8 Å². The highest BCUT2D eigenvalue weighted by Crippen LogP contribution is 2.42. The van der Waals surface area contributed by atoms with E-state index in [1.807, 2.05) is 29.2 Å². The predicted molar refractivity (Wildman–Crippen MR) is 114 cm³/mol. The first-order valence-electron chi connectivity index (χ1n) is 11.1. The van der Waals surface area contributed by atoms with E-state index in [9.17, 15) is 9.59 Å². The van der Waals surface area contributed by atoms with Gasteiger partial charge in [0.05, 0.1) is 6.42 Å². The van der Waals surface area contributed by atoms with Crippen molar-refractivity contribution in [2.24, 2.45) is 23.5 Å². The molecule has 1 aliphatic heterocycles. The Hall–Kier alpha value is -1.92. The van der Waals surface area contributed by atoms with Crippen LogP contribution in [0.4, 0.5) is 5.69 Å².